The second-order valence-electron chi connectivity index (χ2n) is 3.45. The SMILES string of the molecule is N=Cc1cnn(C2CCCOC2)c1P. The molecule has 2 unspecified atom stereocenters. The lowest BCUT2D eigenvalue weighted by atomic mass is 10.1. The molecule has 5 heteroatoms. The van der Waals surface area contributed by atoms with Crippen LogP contribution < -0.4 is 5.44 Å². The van der Waals surface area contributed by atoms with Gasteiger partial charge >= 0.3 is 0 Å². The first kappa shape index (κ1) is 9.81. The van der Waals surface area contributed by atoms with Crippen molar-refractivity contribution in [1.82, 2.24) is 9.78 Å². The third-order valence-electron chi connectivity index (χ3n) is 2.50. The van der Waals surface area contributed by atoms with Crippen molar-refractivity contribution in [2.24, 2.45) is 0 Å². The number of aromatic nitrogens is 2. The third-order valence-corrected chi connectivity index (χ3v) is 3.10. The summed E-state index contributed by atoms with van der Waals surface area (Å²) in [4.78, 5) is 0. The molecule has 2 atom stereocenters. The van der Waals surface area contributed by atoms with Crippen LogP contribution in [-0.2, 0) is 4.74 Å². The van der Waals surface area contributed by atoms with E-state index in [4.69, 9.17) is 10.1 Å². The molecule has 14 heavy (non-hydrogen) atoms. The number of rotatable bonds is 2. The van der Waals surface area contributed by atoms with Gasteiger partial charge in [-0.05, 0) is 12.8 Å². The minimum Gasteiger partial charge on any atom is -0.379 e. The van der Waals surface area contributed by atoms with Crippen molar-refractivity contribution in [3.05, 3.63) is 11.8 Å². The number of hydrogen-bond donors (Lipinski definition) is 1. The molecular formula is C9H14N3OP. The van der Waals surface area contributed by atoms with E-state index in [1.165, 1.54) is 6.21 Å². The Kier molecular flexibility index (Phi) is 2.94. The van der Waals surface area contributed by atoms with E-state index in [0.717, 1.165) is 37.1 Å². The van der Waals surface area contributed by atoms with Crippen molar-refractivity contribution in [3.63, 3.8) is 0 Å². The molecule has 1 saturated heterocycles. The Morgan fingerprint density at radius 1 is 1.71 bits per heavy atom. The van der Waals surface area contributed by atoms with Gasteiger partial charge in [-0.25, -0.2) is 0 Å². The van der Waals surface area contributed by atoms with Gasteiger partial charge in [0.2, 0.25) is 0 Å². The molecule has 0 amide bonds. The molecule has 0 aliphatic carbocycles. The summed E-state index contributed by atoms with van der Waals surface area (Å²) in [6.07, 6.45) is 5.26. The summed E-state index contributed by atoms with van der Waals surface area (Å²) in [7, 11) is 2.64. The van der Waals surface area contributed by atoms with E-state index < -0.39 is 0 Å². The van der Waals surface area contributed by atoms with Crippen LogP contribution in [-0.4, -0.2) is 29.2 Å². The summed E-state index contributed by atoms with van der Waals surface area (Å²) in [5, 5.41) is 11.5. The average molecular weight is 211 g/mol. The highest BCUT2D eigenvalue weighted by atomic mass is 31.0. The van der Waals surface area contributed by atoms with Gasteiger partial charge in [-0.15, -0.1) is 0 Å². The van der Waals surface area contributed by atoms with Gasteiger partial charge in [0.1, 0.15) is 0 Å². The zero-order valence-electron chi connectivity index (χ0n) is 7.94. The minimum absolute atomic E-state index is 0.338. The summed E-state index contributed by atoms with van der Waals surface area (Å²) in [5.74, 6) is 0. The maximum absolute atomic E-state index is 7.19. The average Bonchev–Trinajstić information content (AvgIpc) is 2.61. The van der Waals surface area contributed by atoms with E-state index in [2.05, 4.69) is 14.3 Å². The summed E-state index contributed by atoms with van der Waals surface area (Å²) < 4.78 is 7.36. The Bertz CT molecular complexity index is 331. The van der Waals surface area contributed by atoms with Gasteiger partial charge in [0, 0.05) is 18.4 Å². The molecule has 0 spiro atoms. The second-order valence-corrected chi connectivity index (χ2v) is 3.99. The molecule has 2 rings (SSSR count). The van der Waals surface area contributed by atoms with E-state index >= 15 is 0 Å². The lowest BCUT2D eigenvalue weighted by Crippen LogP contribution is -2.27. The molecule has 0 saturated carbocycles. The third kappa shape index (κ3) is 1.72. The smallest absolute Gasteiger partial charge is 0.0760 e. The molecule has 4 nitrogen and oxygen atoms in total. The minimum atomic E-state index is 0.338. The first-order valence-electron chi connectivity index (χ1n) is 4.74. The largest absolute Gasteiger partial charge is 0.379 e. The Labute approximate surface area is 85.4 Å². The van der Waals surface area contributed by atoms with Crippen molar-refractivity contribution in [3.8, 4) is 0 Å². The summed E-state index contributed by atoms with van der Waals surface area (Å²) >= 11 is 0. The summed E-state index contributed by atoms with van der Waals surface area (Å²) in [5.41, 5.74) is 1.84. The van der Waals surface area contributed by atoms with Crippen LogP contribution in [0.5, 0.6) is 0 Å². The van der Waals surface area contributed by atoms with Gasteiger partial charge < -0.3 is 10.1 Å². The highest BCUT2D eigenvalue weighted by molar-refractivity contribution is 7.27. The van der Waals surface area contributed by atoms with Crippen LogP contribution >= 0.6 is 9.24 Å². The molecule has 76 valence electrons. The number of hydrogen-bond acceptors (Lipinski definition) is 3. The number of nitrogens with zero attached hydrogens (tertiary/aromatic N) is 2. The fourth-order valence-electron chi connectivity index (χ4n) is 1.70. The van der Waals surface area contributed by atoms with Gasteiger partial charge in [0.25, 0.3) is 0 Å². The van der Waals surface area contributed by atoms with Gasteiger partial charge in [0.15, 0.2) is 0 Å². The molecule has 2 heterocycles. The van der Waals surface area contributed by atoms with Crippen LogP contribution in [0.4, 0.5) is 0 Å². The lowest BCUT2D eigenvalue weighted by molar-refractivity contribution is 0.0561. The summed E-state index contributed by atoms with van der Waals surface area (Å²) in [6, 6.07) is 0.338. The molecule has 0 bridgehead atoms. The van der Waals surface area contributed by atoms with Crippen LogP contribution in [0, 0.1) is 5.41 Å². The molecule has 1 aliphatic heterocycles. The second kappa shape index (κ2) is 4.20. The van der Waals surface area contributed by atoms with E-state index in [1.54, 1.807) is 6.20 Å². The molecular weight excluding hydrogens is 197 g/mol. The monoisotopic (exact) mass is 211 g/mol. The quantitative estimate of drug-likeness (QED) is 0.579. The van der Waals surface area contributed by atoms with Crippen LogP contribution in [0.1, 0.15) is 24.4 Å². The van der Waals surface area contributed by atoms with Crippen LogP contribution in [0.15, 0.2) is 6.20 Å². The first-order valence-corrected chi connectivity index (χ1v) is 5.32. The topological polar surface area (TPSA) is 50.9 Å². The van der Waals surface area contributed by atoms with Crippen molar-refractivity contribution < 1.29 is 4.74 Å². The van der Waals surface area contributed by atoms with Crippen LogP contribution in [0.2, 0.25) is 0 Å². The fraction of sp³-hybridized carbons (Fsp3) is 0.556. The molecule has 1 fully saturated rings. The number of ether oxygens (including phenoxy) is 1. The Balaban J connectivity index is 2.22. The maximum atomic E-state index is 7.19. The first-order chi connectivity index (χ1) is 6.83. The van der Waals surface area contributed by atoms with Crippen LogP contribution in [0.25, 0.3) is 0 Å². The maximum Gasteiger partial charge on any atom is 0.0760 e. The molecule has 0 radical (unpaired) electrons. The van der Waals surface area contributed by atoms with E-state index in [0.29, 0.717) is 6.04 Å². The molecule has 1 N–H and O–H groups in total. The predicted octanol–water partition coefficient (Wildman–Crippen LogP) is 0.733. The highest BCUT2D eigenvalue weighted by Gasteiger charge is 2.18. The van der Waals surface area contributed by atoms with Gasteiger partial charge in [0.05, 0.1) is 24.3 Å². The molecule has 1 aliphatic rings. The van der Waals surface area contributed by atoms with E-state index in [1.807, 2.05) is 4.68 Å². The fourth-order valence-corrected chi connectivity index (χ4v) is 2.14. The normalized spacial score (nSPS) is 22.2. The number of nitrogens with one attached hydrogen (secondary N) is 1. The Hall–Kier alpha value is -0.730. The van der Waals surface area contributed by atoms with Gasteiger partial charge in [-0.3, -0.25) is 4.68 Å². The van der Waals surface area contributed by atoms with Gasteiger partial charge in [-0.2, -0.15) is 5.10 Å². The van der Waals surface area contributed by atoms with Crippen LogP contribution in [0.3, 0.4) is 0 Å². The Morgan fingerprint density at radius 3 is 3.14 bits per heavy atom. The predicted molar refractivity (Wildman–Crippen MR) is 58.5 cm³/mol. The van der Waals surface area contributed by atoms with Gasteiger partial charge in [-0.1, -0.05) is 9.24 Å². The van der Waals surface area contributed by atoms with Crippen molar-refractivity contribution >= 4 is 20.9 Å². The molecule has 1 aromatic rings. The molecule has 1 aromatic heterocycles. The lowest BCUT2D eigenvalue weighted by Gasteiger charge is -2.23. The Morgan fingerprint density at radius 2 is 2.57 bits per heavy atom. The molecule has 0 aromatic carbocycles. The zero-order chi connectivity index (χ0) is 9.97. The van der Waals surface area contributed by atoms with Crippen molar-refractivity contribution in [2.75, 3.05) is 13.2 Å². The summed E-state index contributed by atoms with van der Waals surface area (Å²) in [6.45, 7) is 1.60. The van der Waals surface area contributed by atoms with E-state index in [-0.39, 0.29) is 0 Å². The zero-order valence-corrected chi connectivity index (χ0v) is 9.10. The standard InChI is InChI=1S/C9H14N3OP/c10-4-7-5-11-12(9(7)14)8-2-1-3-13-6-8/h4-5,8,10H,1-3,6,14H2. The van der Waals surface area contributed by atoms with Crippen molar-refractivity contribution in [2.45, 2.75) is 18.9 Å². The van der Waals surface area contributed by atoms with E-state index in [9.17, 15) is 0 Å². The van der Waals surface area contributed by atoms with Crippen molar-refractivity contribution in [1.29, 1.82) is 5.41 Å². The highest BCUT2D eigenvalue weighted by Crippen LogP contribution is 2.18.